The number of rotatable bonds is 3. The van der Waals surface area contributed by atoms with Crippen LogP contribution in [0.3, 0.4) is 0 Å². The van der Waals surface area contributed by atoms with Gasteiger partial charge in [0.25, 0.3) is 5.91 Å². The number of carbonyl (C=O) groups is 1. The predicted molar refractivity (Wildman–Crippen MR) is 127 cm³/mol. The molecule has 33 heavy (non-hydrogen) atoms. The van der Waals surface area contributed by atoms with Crippen molar-refractivity contribution in [1.82, 2.24) is 0 Å². The van der Waals surface area contributed by atoms with E-state index in [2.05, 4.69) is 53.1 Å². The Bertz CT molecular complexity index is 1240. The Balaban J connectivity index is 1.21. The van der Waals surface area contributed by atoms with Gasteiger partial charge in [-0.1, -0.05) is 30.3 Å². The predicted octanol–water partition coefficient (Wildman–Crippen LogP) is 5.96. The number of amides is 1. The Morgan fingerprint density at radius 3 is 2.67 bits per heavy atom. The first-order valence-electron chi connectivity index (χ1n) is 11.9. The van der Waals surface area contributed by atoms with Crippen LogP contribution in [0.15, 0.2) is 66.7 Å². The summed E-state index contributed by atoms with van der Waals surface area (Å²) in [5.41, 5.74) is 5.28. The van der Waals surface area contributed by atoms with Gasteiger partial charge in [-0.05, 0) is 84.4 Å². The van der Waals surface area contributed by atoms with Gasteiger partial charge in [0, 0.05) is 23.0 Å². The molecule has 166 valence electrons. The molecule has 2 heterocycles. The topological polar surface area (TPSA) is 59.6 Å². The minimum absolute atomic E-state index is 0.0958. The summed E-state index contributed by atoms with van der Waals surface area (Å²) < 4.78 is 10.8. The van der Waals surface area contributed by atoms with E-state index < -0.39 is 0 Å². The van der Waals surface area contributed by atoms with Crippen LogP contribution in [0.5, 0.6) is 11.5 Å². The van der Waals surface area contributed by atoms with E-state index in [0.29, 0.717) is 40.6 Å². The zero-order valence-corrected chi connectivity index (χ0v) is 18.3. The summed E-state index contributed by atoms with van der Waals surface area (Å²) in [6, 6.07) is 22.9. The van der Waals surface area contributed by atoms with E-state index in [9.17, 15) is 4.79 Å². The third-order valence-electron chi connectivity index (χ3n) is 8.14. The second kappa shape index (κ2) is 7.27. The molecule has 2 N–H and O–H groups in total. The highest BCUT2D eigenvalue weighted by Gasteiger charge is 2.53. The molecule has 5 heteroatoms. The quantitative estimate of drug-likeness (QED) is 0.529. The average Bonchev–Trinajstić information content (AvgIpc) is 3.60. The molecule has 0 unspecified atom stereocenters. The highest BCUT2D eigenvalue weighted by molar-refractivity contribution is 6.05. The van der Waals surface area contributed by atoms with Gasteiger partial charge in [-0.25, -0.2) is 0 Å². The van der Waals surface area contributed by atoms with Crippen molar-refractivity contribution in [2.75, 3.05) is 17.4 Å². The first-order valence-corrected chi connectivity index (χ1v) is 11.9. The van der Waals surface area contributed by atoms with Crippen molar-refractivity contribution >= 4 is 17.3 Å². The van der Waals surface area contributed by atoms with E-state index in [4.69, 9.17) is 9.47 Å². The lowest BCUT2D eigenvalue weighted by molar-refractivity contribution is 0.102. The molecule has 0 spiro atoms. The van der Waals surface area contributed by atoms with Crippen LogP contribution in [-0.2, 0) is 0 Å². The maximum Gasteiger partial charge on any atom is 0.255 e. The second-order valence-electron chi connectivity index (χ2n) is 9.79. The number of anilines is 2. The van der Waals surface area contributed by atoms with Crippen LogP contribution in [0.2, 0.25) is 0 Å². The Labute approximate surface area is 193 Å². The first kappa shape index (κ1) is 19.0. The molecule has 2 saturated carbocycles. The molecule has 1 amide bonds. The molecular weight excluding hydrogens is 412 g/mol. The van der Waals surface area contributed by atoms with E-state index in [1.54, 1.807) is 0 Å². The van der Waals surface area contributed by atoms with Gasteiger partial charge in [0.2, 0.25) is 6.79 Å². The zero-order chi connectivity index (χ0) is 21.9. The molecule has 3 aromatic rings. The summed E-state index contributed by atoms with van der Waals surface area (Å²) in [6.45, 7) is 0.221. The van der Waals surface area contributed by atoms with Crippen LogP contribution in [0, 0.1) is 17.8 Å². The van der Waals surface area contributed by atoms with Gasteiger partial charge in [-0.3, -0.25) is 4.79 Å². The van der Waals surface area contributed by atoms with Crippen LogP contribution in [0.25, 0.3) is 0 Å². The first-order chi connectivity index (χ1) is 16.2. The molecule has 7 rings (SSSR count). The maximum atomic E-state index is 13.1. The normalized spacial score (nSPS) is 28.1. The van der Waals surface area contributed by atoms with E-state index in [-0.39, 0.29) is 12.7 Å². The van der Waals surface area contributed by atoms with Crippen molar-refractivity contribution in [2.24, 2.45) is 17.8 Å². The smallest absolute Gasteiger partial charge is 0.255 e. The summed E-state index contributed by atoms with van der Waals surface area (Å²) >= 11 is 0. The fourth-order valence-electron chi connectivity index (χ4n) is 6.80. The Hall–Kier alpha value is -3.47. The van der Waals surface area contributed by atoms with Crippen LogP contribution >= 0.6 is 0 Å². The second-order valence-corrected chi connectivity index (χ2v) is 9.79. The largest absolute Gasteiger partial charge is 0.454 e. The third kappa shape index (κ3) is 3.02. The Morgan fingerprint density at radius 2 is 1.76 bits per heavy atom. The van der Waals surface area contributed by atoms with Crippen molar-refractivity contribution in [3.8, 4) is 11.5 Å². The number of nitrogens with one attached hydrogen (secondary N) is 2. The number of ether oxygens (including phenoxy) is 2. The van der Waals surface area contributed by atoms with Gasteiger partial charge in [0.15, 0.2) is 11.5 Å². The number of hydrogen-bond acceptors (Lipinski definition) is 4. The van der Waals surface area contributed by atoms with Crippen molar-refractivity contribution in [3.63, 3.8) is 0 Å². The van der Waals surface area contributed by atoms with Gasteiger partial charge < -0.3 is 20.1 Å². The lowest BCUT2D eigenvalue weighted by Gasteiger charge is -2.43. The molecule has 0 saturated heterocycles. The van der Waals surface area contributed by atoms with Crippen molar-refractivity contribution in [1.29, 1.82) is 0 Å². The van der Waals surface area contributed by atoms with Gasteiger partial charge in [-0.2, -0.15) is 0 Å². The molecule has 2 aliphatic carbocycles. The molecule has 2 fully saturated rings. The number of fused-ring (bicyclic) bond motifs is 8. The standard InChI is InChI=1S/C28H26N2O3/c31-28(29-20-9-11-23-24(14-20)33-15-32-23)19-8-10-22-21(13-19)25-17-6-7-18(12-17)26(25)27(30-22)16-4-2-1-3-5-16/h1-5,8-11,13-14,17-18,25-27,30H,6-7,12,15H2,(H,29,31)/t17-,18+,25+,26-,27-/m0/s1. The van der Waals surface area contributed by atoms with Gasteiger partial charge in [0.05, 0.1) is 6.04 Å². The Morgan fingerprint density at radius 1 is 0.909 bits per heavy atom. The molecule has 5 atom stereocenters. The molecule has 4 aliphatic rings. The molecule has 0 radical (unpaired) electrons. The summed E-state index contributed by atoms with van der Waals surface area (Å²) in [6.07, 6.45) is 3.95. The summed E-state index contributed by atoms with van der Waals surface area (Å²) in [5, 5.41) is 6.88. The lowest BCUT2D eigenvalue weighted by atomic mass is 9.68. The van der Waals surface area contributed by atoms with Crippen LogP contribution in [-0.4, -0.2) is 12.7 Å². The van der Waals surface area contributed by atoms with E-state index in [0.717, 1.165) is 11.8 Å². The van der Waals surface area contributed by atoms with E-state index in [1.807, 2.05) is 24.3 Å². The van der Waals surface area contributed by atoms with Crippen molar-refractivity contribution in [3.05, 3.63) is 83.4 Å². The van der Waals surface area contributed by atoms with E-state index >= 15 is 0 Å². The van der Waals surface area contributed by atoms with Crippen molar-refractivity contribution < 1.29 is 14.3 Å². The number of carbonyl (C=O) groups excluding carboxylic acids is 1. The summed E-state index contributed by atoms with van der Waals surface area (Å²) in [5.74, 6) is 3.87. The molecular formula is C28H26N2O3. The monoisotopic (exact) mass is 438 g/mol. The fraction of sp³-hybridized carbons (Fsp3) is 0.321. The minimum Gasteiger partial charge on any atom is -0.454 e. The van der Waals surface area contributed by atoms with Crippen LogP contribution in [0.4, 0.5) is 11.4 Å². The van der Waals surface area contributed by atoms with Gasteiger partial charge >= 0.3 is 0 Å². The highest BCUT2D eigenvalue weighted by Crippen LogP contribution is 2.63. The van der Waals surface area contributed by atoms with Crippen LogP contribution in [0.1, 0.15) is 52.7 Å². The molecule has 0 aromatic heterocycles. The SMILES string of the molecule is O=C(Nc1ccc2c(c1)OCO2)c1ccc2c(c1)[C@H]1[C@H]3CC[C@H](C3)[C@@H]1[C@H](c1ccccc1)N2. The Kier molecular flexibility index (Phi) is 4.20. The van der Waals surface area contributed by atoms with Crippen LogP contribution < -0.4 is 20.1 Å². The third-order valence-corrected chi connectivity index (χ3v) is 8.14. The summed E-state index contributed by atoms with van der Waals surface area (Å²) in [4.78, 5) is 13.1. The number of hydrogen-bond donors (Lipinski definition) is 2. The summed E-state index contributed by atoms with van der Waals surface area (Å²) in [7, 11) is 0. The molecule has 2 bridgehead atoms. The maximum absolute atomic E-state index is 13.1. The zero-order valence-electron chi connectivity index (χ0n) is 18.3. The minimum atomic E-state index is -0.0958. The average molecular weight is 439 g/mol. The van der Waals surface area contributed by atoms with E-state index in [1.165, 1.54) is 36.1 Å². The highest BCUT2D eigenvalue weighted by atomic mass is 16.7. The fourth-order valence-corrected chi connectivity index (χ4v) is 6.80. The molecule has 3 aromatic carbocycles. The lowest BCUT2D eigenvalue weighted by Crippen LogP contribution is -2.35. The van der Waals surface area contributed by atoms with Gasteiger partial charge in [0.1, 0.15) is 0 Å². The van der Waals surface area contributed by atoms with Crippen molar-refractivity contribution in [2.45, 2.75) is 31.2 Å². The molecule has 2 aliphatic heterocycles. The number of benzene rings is 3. The molecule has 5 nitrogen and oxygen atoms in total. The van der Waals surface area contributed by atoms with Gasteiger partial charge in [-0.15, -0.1) is 0 Å².